The average molecular weight is 231 g/mol. The van der Waals surface area contributed by atoms with Crippen LogP contribution in [0.25, 0.3) is 0 Å². The fraction of sp³-hybridized carbons (Fsp3) is 0.636. The highest BCUT2D eigenvalue weighted by molar-refractivity contribution is 7.10. The van der Waals surface area contributed by atoms with Crippen LogP contribution in [0.15, 0.2) is 11.4 Å². The molecule has 0 amide bonds. The van der Waals surface area contributed by atoms with Crippen LogP contribution in [-0.2, 0) is 6.42 Å². The zero-order valence-electron chi connectivity index (χ0n) is 8.29. The summed E-state index contributed by atoms with van der Waals surface area (Å²) in [6.07, 6.45) is 3.71. The first kappa shape index (κ1) is 10.5. The molecule has 78 valence electrons. The van der Waals surface area contributed by atoms with Crippen LogP contribution in [-0.4, -0.2) is 10.7 Å². The summed E-state index contributed by atoms with van der Waals surface area (Å²) in [7, 11) is 0. The van der Waals surface area contributed by atoms with Crippen LogP contribution < -0.4 is 0 Å². The molecule has 14 heavy (non-hydrogen) atoms. The lowest BCUT2D eigenvalue weighted by molar-refractivity contribution is 0.0454. The SMILES string of the molecule is CC1CCC(O)(Cc2sccc2Cl)C1. The highest BCUT2D eigenvalue weighted by Gasteiger charge is 2.35. The third-order valence-corrected chi connectivity index (χ3v) is 4.40. The third kappa shape index (κ3) is 2.13. The van der Waals surface area contributed by atoms with E-state index in [0.717, 1.165) is 35.6 Å². The molecule has 0 radical (unpaired) electrons. The summed E-state index contributed by atoms with van der Waals surface area (Å²) < 4.78 is 0. The number of aliphatic hydroxyl groups is 1. The smallest absolute Gasteiger partial charge is 0.0699 e. The van der Waals surface area contributed by atoms with Crippen molar-refractivity contribution in [1.29, 1.82) is 0 Å². The Morgan fingerprint density at radius 3 is 3.00 bits per heavy atom. The van der Waals surface area contributed by atoms with Crippen molar-refractivity contribution in [2.45, 2.75) is 38.2 Å². The van der Waals surface area contributed by atoms with Gasteiger partial charge in [-0.2, -0.15) is 0 Å². The molecule has 1 heterocycles. The van der Waals surface area contributed by atoms with Gasteiger partial charge in [-0.05, 0) is 36.6 Å². The van der Waals surface area contributed by atoms with E-state index in [2.05, 4.69) is 6.92 Å². The maximum atomic E-state index is 10.3. The molecule has 0 bridgehead atoms. The number of hydrogen-bond acceptors (Lipinski definition) is 2. The van der Waals surface area contributed by atoms with Crippen molar-refractivity contribution in [2.24, 2.45) is 5.92 Å². The van der Waals surface area contributed by atoms with Crippen molar-refractivity contribution >= 4 is 22.9 Å². The second kappa shape index (κ2) is 3.84. The Morgan fingerprint density at radius 1 is 1.71 bits per heavy atom. The van der Waals surface area contributed by atoms with Gasteiger partial charge in [-0.3, -0.25) is 0 Å². The molecule has 1 nitrogen and oxygen atoms in total. The predicted molar refractivity (Wildman–Crippen MR) is 61.0 cm³/mol. The first-order valence-corrected chi connectivity index (χ1v) is 6.29. The van der Waals surface area contributed by atoms with Crippen LogP contribution in [0.1, 0.15) is 31.1 Å². The van der Waals surface area contributed by atoms with E-state index in [1.807, 2.05) is 11.4 Å². The summed E-state index contributed by atoms with van der Waals surface area (Å²) in [6, 6.07) is 1.91. The van der Waals surface area contributed by atoms with Crippen LogP contribution >= 0.6 is 22.9 Å². The molecular formula is C11H15ClOS. The topological polar surface area (TPSA) is 20.2 Å². The van der Waals surface area contributed by atoms with Gasteiger partial charge in [-0.1, -0.05) is 18.5 Å². The Hall–Kier alpha value is -0.0500. The summed E-state index contributed by atoms with van der Waals surface area (Å²) >= 11 is 7.66. The Morgan fingerprint density at radius 2 is 2.50 bits per heavy atom. The average Bonchev–Trinajstić information content (AvgIpc) is 2.62. The Bertz CT molecular complexity index is 323. The fourth-order valence-corrected chi connectivity index (χ4v) is 3.52. The maximum absolute atomic E-state index is 10.3. The zero-order valence-corrected chi connectivity index (χ0v) is 9.87. The molecule has 0 aliphatic heterocycles. The van der Waals surface area contributed by atoms with Crippen molar-refractivity contribution in [2.75, 3.05) is 0 Å². The van der Waals surface area contributed by atoms with E-state index in [1.165, 1.54) is 0 Å². The lowest BCUT2D eigenvalue weighted by atomic mass is 9.96. The second-order valence-corrected chi connectivity index (χ2v) is 5.85. The molecule has 1 aliphatic rings. The minimum atomic E-state index is -0.492. The van der Waals surface area contributed by atoms with Crippen molar-refractivity contribution < 1.29 is 5.11 Å². The number of hydrogen-bond donors (Lipinski definition) is 1. The van der Waals surface area contributed by atoms with Crippen LogP contribution in [0.5, 0.6) is 0 Å². The standard InChI is InChI=1S/C11H15ClOS/c1-8-2-4-11(13,6-8)7-10-9(12)3-5-14-10/h3,5,8,13H,2,4,6-7H2,1H3. The summed E-state index contributed by atoms with van der Waals surface area (Å²) in [5.74, 6) is 0.652. The van der Waals surface area contributed by atoms with Crippen LogP contribution in [0.2, 0.25) is 5.02 Å². The summed E-state index contributed by atoms with van der Waals surface area (Å²) in [5, 5.41) is 13.1. The Kier molecular flexibility index (Phi) is 2.87. The van der Waals surface area contributed by atoms with E-state index < -0.39 is 5.60 Å². The monoisotopic (exact) mass is 230 g/mol. The Balaban J connectivity index is 2.07. The van der Waals surface area contributed by atoms with E-state index in [1.54, 1.807) is 11.3 Å². The van der Waals surface area contributed by atoms with Crippen molar-refractivity contribution in [1.82, 2.24) is 0 Å². The summed E-state index contributed by atoms with van der Waals surface area (Å²) in [6.45, 7) is 2.20. The molecule has 1 N–H and O–H groups in total. The highest BCUT2D eigenvalue weighted by atomic mass is 35.5. The minimum absolute atomic E-state index is 0.492. The van der Waals surface area contributed by atoms with Gasteiger partial charge in [0.25, 0.3) is 0 Å². The molecule has 1 aliphatic carbocycles. The van der Waals surface area contributed by atoms with E-state index >= 15 is 0 Å². The first-order valence-electron chi connectivity index (χ1n) is 5.03. The van der Waals surface area contributed by atoms with Crippen LogP contribution in [0, 0.1) is 5.92 Å². The lowest BCUT2D eigenvalue weighted by Crippen LogP contribution is -2.27. The molecule has 2 rings (SSSR count). The van der Waals surface area contributed by atoms with Crippen molar-refractivity contribution in [3.05, 3.63) is 21.3 Å². The van der Waals surface area contributed by atoms with Gasteiger partial charge in [0, 0.05) is 11.3 Å². The first-order chi connectivity index (χ1) is 6.59. The van der Waals surface area contributed by atoms with E-state index in [0.29, 0.717) is 5.92 Å². The number of thiophene rings is 1. The molecule has 0 aromatic carbocycles. The van der Waals surface area contributed by atoms with Gasteiger partial charge in [0.05, 0.1) is 10.6 Å². The van der Waals surface area contributed by atoms with Crippen LogP contribution in [0.3, 0.4) is 0 Å². The largest absolute Gasteiger partial charge is 0.390 e. The van der Waals surface area contributed by atoms with Gasteiger partial charge in [-0.15, -0.1) is 11.3 Å². The molecule has 0 spiro atoms. The summed E-state index contributed by atoms with van der Waals surface area (Å²) in [4.78, 5) is 1.13. The normalized spacial score (nSPS) is 32.4. The van der Waals surface area contributed by atoms with Crippen molar-refractivity contribution in [3.63, 3.8) is 0 Å². The molecule has 2 atom stereocenters. The van der Waals surface area contributed by atoms with Crippen LogP contribution in [0.4, 0.5) is 0 Å². The van der Waals surface area contributed by atoms with Gasteiger partial charge < -0.3 is 5.11 Å². The Labute approximate surface area is 93.7 Å². The summed E-state index contributed by atoms with van der Waals surface area (Å²) in [5.41, 5.74) is -0.492. The molecular weight excluding hydrogens is 216 g/mol. The van der Waals surface area contributed by atoms with Gasteiger partial charge in [0.15, 0.2) is 0 Å². The van der Waals surface area contributed by atoms with Gasteiger partial charge in [0.2, 0.25) is 0 Å². The quantitative estimate of drug-likeness (QED) is 0.825. The predicted octanol–water partition coefficient (Wildman–Crippen LogP) is 3.50. The highest BCUT2D eigenvalue weighted by Crippen LogP contribution is 2.38. The molecule has 3 heteroatoms. The van der Waals surface area contributed by atoms with E-state index in [4.69, 9.17) is 11.6 Å². The molecule has 2 unspecified atom stereocenters. The zero-order chi connectivity index (χ0) is 10.2. The van der Waals surface area contributed by atoms with E-state index in [9.17, 15) is 5.11 Å². The molecule has 1 aromatic heterocycles. The molecule has 1 saturated carbocycles. The third-order valence-electron chi connectivity index (χ3n) is 3.01. The van der Waals surface area contributed by atoms with Gasteiger partial charge in [-0.25, -0.2) is 0 Å². The molecule has 1 aromatic rings. The van der Waals surface area contributed by atoms with Gasteiger partial charge >= 0.3 is 0 Å². The number of rotatable bonds is 2. The van der Waals surface area contributed by atoms with E-state index in [-0.39, 0.29) is 0 Å². The fourth-order valence-electron chi connectivity index (χ4n) is 2.28. The second-order valence-electron chi connectivity index (χ2n) is 4.44. The lowest BCUT2D eigenvalue weighted by Gasteiger charge is -2.21. The van der Waals surface area contributed by atoms with Crippen molar-refractivity contribution in [3.8, 4) is 0 Å². The molecule has 0 saturated heterocycles. The maximum Gasteiger partial charge on any atom is 0.0699 e. The van der Waals surface area contributed by atoms with Gasteiger partial charge in [0.1, 0.15) is 0 Å². The minimum Gasteiger partial charge on any atom is -0.390 e. The number of halogens is 1. The molecule has 1 fully saturated rings.